The lowest BCUT2D eigenvalue weighted by Crippen LogP contribution is -2.10. The van der Waals surface area contributed by atoms with Crippen molar-refractivity contribution < 1.29 is 0 Å². The molecule has 0 aliphatic carbocycles. The molecule has 84 valence electrons. The number of hydrogen-bond donors (Lipinski definition) is 1. The molecule has 0 bridgehead atoms. The highest BCUT2D eigenvalue weighted by molar-refractivity contribution is 9.11. The lowest BCUT2D eigenvalue weighted by Gasteiger charge is -2.09. The molecule has 1 atom stereocenters. The predicted octanol–water partition coefficient (Wildman–Crippen LogP) is 3.57. The summed E-state index contributed by atoms with van der Waals surface area (Å²) in [6.45, 7) is 4.05. The van der Waals surface area contributed by atoms with Gasteiger partial charge >= 0.3 is 0 Å². The van der Waals surface area contributed by atoms with Crippen LogP contribution in [-0.4, -0.2) is 4.98 Å². The summed E-state index contributed by atoms with van der Waals surface area (Å²) in [6, 6.07) is 6.07. The van der Waals surface area contributed by atoms with E-state index in [0.717, 1.165) is 19.9 Å². The summed E-state index contributed by atoms with van der Waals surface area (Å²) < 4.78 is 1.15. The fourth-order valence-corrected chi connectivity index (χ4v) is 3.07. The van der Waals surface area contributed by atoms with Crippen molar-refractivity contribution in [1.29, 1.82) is 0 Å². The minimum absolute atomic E-state index is 0.0805. The first-order chi connectivity index (χ1) is 7.58. The third-order valence-corrected chi connectivity index (χ3v) is 4.70. The van der Waals surface area contributed by atoms with Crippen molar-refractivity contribution in [2.24, 2.45) is 5.73 Å². The van der Waals surface area contributed by atoms with Crippen molar-refractivity contribution >= 4 is 27.3 Å². The molecule has 1 unspecified atom stereocenters. The molecule has 2 heterocycles. The summed E-state index contributed by atoms with van der Waals surface area (Å²) in [5.74, 6) is 0. The van der Waals surface area contributed by atoms with Gasteiger partial charge in [-0.25, -0.2) is 0 Å². The van der Waals surface area contributed by atoms with Crippen LogP contribution in [0.15, 0.2) is 28.2 Å². The maximum Gasteiger partial charge on any atom is 0.0731 e. The molecular weight excluding hydrogens is 284 g/mol. The van der Waals surface area contributed by atoms with Crippen LogP contribution in [0.25, 0.3) is 0 Å². The van der Waals surface area contributed by atoms with E-state index in [1.54, 1.807) is 11.3 Å². The van der Waals surface area contributed by atoms with Crippen molar-refractivity contribution in [2.45, 2.75) is 19.9 Å². The Morgan fingerprint density at radius 3 is 2.62 bits per heavy atom. The molecule has 0 fully saturated rings. The number of halogens is 1. The third kappa shape index (κ3) is 2.34. The molecule has 2 N–H and O–H groups in total. The fourth-order valence-electron chi connectivity index (χ4n) is 1.46. The smallest absolute Gasteiger partial charge is 0.0731 e. The zero-order valence-electron chi connectivity index (χ0n) is 9.20. The van der Waals surface area contributed by atoms with Gasteiger partial charge in [-0.1, -0.05) is 6.07 Å². The Kier molecular flexibility index (Phi) is 3.42. The number of nitrogens with two attached hydrogens (primary N) is 1. The van der Waals surface area contributed by atoms with E-state index in [4.69, 9.17) is 5.73 Å². The number of pyridine rings is 1. The Balaban J connectivity index is 2.31. The molecule has 2 aromatic heterocycles. The summed E-state index contributed by atoms with van der Waals surface area (Å²) >= 11 is 5.20. The Morgan fingerprint density at radius 1 is 1.38 bits per heavy atom. The van der Waals surface area contributed by atoms with Crippen LogP contribution in [-0.2, 0) is 0 Å². The van der Waals surface area contributed by atoms with E-state index in [1.807, 2.05) is 25.3 Å². The Labute approximate surface area is 108 Å². The van der Waals surface area contributed by atoms with Gasteiger partial charge in [0.15, 0.2) is 0 Å². The van der Waals surface area contributed by atoms with Gasteiger partial charge in [-0.15, -0.1) is 11.3 Å². The number of thiophene rings is 1. The van der Waals surface area contributed by atoms with Crippen LogP contribution in [0, 0.1) is 13.8 Å². The van der Waals surface area contributed by atoms with Crippen LogP contribution < -0.4 is 5.73 Å². The van der Waals surface area contributed by atoms with Gasteiger partial charge < -0.3 is 5.73 Å². The summed E-state index contributed by atoms with van der Waals surface area (Å²) in [7, 11) is 0. The van der Waals surface area contributed by atoms with Gasteiger partial charge in [0.1, 0.15) is 0 Å². The molecule has 0 radical (unpaired) electrons. The molecule has 2 rings (SSSR count). The van der Waals surface area contributed by atoms with Gasteiger partial charge in [0.25, 0.3) is 0 Å². The number of aryl methyl sites for hydroxylation is 2. The first kappa shape index (κ1) is 11.8. The van der Waals surface area contributed by atoms with E-state index in [1.165, 1.54) is 5.56 Å². The molecule has 4 heteroatoms. The first-order valence-corrected chi connectivity index (χ1v) is 6.63. The number of aromatic nitrogens is 1. The SMILES string of the molecule is Cc1ccc(C(N)c2cc(C)c(Br)s2)cn1. The zero-order chi connectivity index (χ0) is 11.7. The minimum Gasteiger partial charge on any atom is -0.320 e. The Bertz CT molecular complexity index is 471. The zero-order valence-corrected chi connectivity index (χ0v) is 11.6. The first-order valence-electron chi connectivity index (χ1n) is 5.02. The highest BCUT2D eigenvalue weighted by atomic mass is 79.9. The molecule has 0 amide bonds. The molecule has 16 heavy (non-hydrogen) atoms. The van der Waals surface area contributed by atoms with Crippen LogP contribution >= 0.6 is 27.3 Å². The number of hydrogen-bond acceptors (Lipinski definition) is 3. The van der Waals surface area contributed by atoms with E-state index in [0.29, 0.717) is 0 Å². The second kappa shape index (κ2) is 4.65. The third-order valence-electron chi connectivity index (χ3n) is 2.48. The maximum atomic E-state index is 6.20. The monoisotopic (exact) mass is 296 g/mol. The molecule has 0 spiro atoms. The van der Waals surface area contributed by atoms with Gasteiger partial charge in [-0.2, -0.15) is 0 Å². The van der Waals surface area contributed by atoms with Crippen molar-refractivity contribution in [3.8, 4) is 0 Å². The molecule has 0 aromatic carbocycles. The van der Waals surface area contributed by atoms with Gasteiger partial charge in [0.2, 0.25) is 0 Å². The number of rotatable bonds is 2. The molecule has 2 nitrogen and oxygen atoms in total. The largest absolute Gasteiger partial charge is 0.320 e. The van der Waals surface area contributed by atoms with E-state index in [-0.39, 0.29) is 6.04 Å². The molecule has 0 saturated heterocycles. The standard InChI is InChI=1S/C12H13BrN2S/c1-7-5-10(16-12(7)13)11(14)9-4-3-8(2)15-6-9/h3-6,11H,14H2,1-2H3. The Morgan fingerprint density at radius 2 is 2.12 bits per heavy atom. The normalized spacial score (nSPS) is 12.8. The quantitative estimate of drug-likeness (QED) is 0.920. The molecule has 0 saturated carbocycles. The van der Waals surface area contributed by atoms with Gasteiger partial charge in [-0.3, -0.25) is 4.98 Å². The molecule has 2 aromatic rings. The second-order valence-corrected chi connectivity index (χ2v) is 6.22. The summed E-state index contributed by atoms with van der Waals surface area (Å²) in [4.78, 5) is 5.43. The lowest BCUT2D eigenvalue weighted by molar-refractivity contribution is 0.880. The van der Waals surface area contributed by atoms with Crippen molar-refractivity contribution in [3.05, 3.63) is 49.9 Å². The van der Waals surface area contributed by atoms with E-state index < -0.39 is 0 Å². The second-order valence-electron chi connectivity index (χ2n) is 3.82. The van der Waals surface area contributed by atoms with Crippen molar-refractivity contribution in [1.82, 2.24) is 4.98 Å². The molecule has 0 aliphatic rings. The van der Waals surface area contributed by atoms with Gasteiger partial charge in [0.05, 0.1) is 9.83 Å². The Hall–Kier alpha value is -0.710. The highest BCUT2D eigenvalue weighted by Crippen LogP contribution is 2.32. The van der Waals surface area contributed by atoms with E-state index in [2.05, 4.69) is 33.9 Å². The van der Waals surface area contributed by atoms with Crippen LogP contribution in [0.5, 0.6) is 0 Å². The topological polar surface area (TPSA) is 38.9 Å². The molecule has 0 aliphatic heterocycles. The van der Waals surface area contributed by atoms with Crippen LogP contribution in [0.3, 0.4) is 0 Å². The van der Waals surface area contributed by atoms with E-state index in [9.17, 15) is 0 Å². The molecular formula is C12H13BrN2S. The van der Waals surface area contributed by atoms with Crippen molar-refractivity contribution in [2.75, 3.05) is 0 Å². The average Bonchev–Trinajstić information content (AvgIpc) is 2.59. The van der Waals surface area contributed by atoms with Crippen LogP contribution in [0.2, 0.25) is 0 Å². The van der Waals surface area contributed by atoms with Crippen molar-refractivity contribution in [3.63, 3.8) is 0 Å². The maximum absolute atomic E-state index is 6.20. The lowest BCUT2D eigenvalue weighted by atomic mass is 10.1. The minimum atomic E-state index is -0.0805. The fraction of sp³-hybridized carbons (Fsp3) is 0.250. The average molecular weight is 297 g/mol. The summed E-state index contributed by atoms with van der Waals surface area (Å²) in [5.41, 5.74) is 9.50. The van der Waals surface area contributed by atoms with Crippen LogP contribution in [0.1, 0.15) is 27.7 Å². The summed E-state index contributed by atoms with van der Waals surface area (Å²) in [6.07, 6.45) is 1.85. The summed E-state index contributed by atoms with van der Waals surface area (Å²) in [5, 5.41) is 0. The highest BCUT2D eigenvalue weighted by Gasteiger charge is 2.13. The predicted molar refractivity (Wildman–Crippen MR) is 71.8 cm³/mol. The van der Waals surface area contributed by atoms with E-state index >= 15 is 0 Å². The van der Waals surface area contributed by atoms with Gasteiger partial charge in [-0.05, 0) is 53.0 Å². The van der Waals surface area contributed by atoms with Crippen LogP contribution in [0.4, 0.5) is 0 Å². The van der Waals surface area contributed by atoms with Gasteiger partial charge in [0, 0.05) is 16.8 Å². The number of nitrogens with zero attached hydrogens (tertiary/aromatic N) is 1.